The Morgan fingerprint density at radius 1 is 0.705 bits per heavy atom. The summed E-state index contributed by atoms with van der Waals surface area (Å²) in [6.45, 7) is 10.00. The summed E-state index contributed by atoms with van der Waals surface area (Å²) in [5.74, 6) is 1.91. The molecule has 2 aromatic carbocycles. The molecule has 3 nitrogen and oxygen atoms in total. The molecule has 0 unspecified atom stereocenters. The van der Waals surface area contributed by atoms with E-state index in [1.165, 1.54) is 69.8 Å². The van der Waals surface area contributed by atoms with Gasteiger partial charge in [0.15, 0.2) is 0 Å². The first-order valence-electron chi connectivity index (χ1n) is 15.1. The van der Waals surface area contributed by atoms with Gasteiger partial charge >= 0.3 is 36.4 Å². The molecule has 2 aliphatic carbocycles. The van der Waals surface area contributed by atoms with Gasteiger partial charge in [-0.3, -0.25) is 0 Å². The second-order valence-corrected chi connectivity index (χ2v) is 19.9. The van der Waals surface area contributed by atoms with Crippen LogP contribution in [0.5, 0.6) is 11.5 Å². The first-order valence-corrected chi connectivity index (χ1v) is 22.4. The van der Waals surface area contributed by atoms with Gasteiger partial charge in [0.2, 0.25) is 0 Å². The predicted molar refractivity (Wildman–Crippen MR) is 167 cm³/mol. The molecule has 0 aliphatic heterocycles. The second kappa shape index (κ2) is 17.3. The number of hydrogen-bond donors (Lipinski definition) is 1. The van der Waals surface area contributed by atoms with E-state index in [4.69, 9.17) is 14.7 Å². The van der Waals surface area contributed by atoms with Gasteiger partial charge in [-0.05, 0) is 87.7 Å². The van der Waals surface area contributed by atoms with E-state index in [-0.39, 0.29) is 42.5 Å². The summed E-state index contributed by atoms with van der Waals surface area (Å²) < 4.78 is 72.3. The van der Waals surface area contributed by atoms with E-state index in [2.05, 4.69) is 70.2 Å². The maximum atomic E-state index is 9.93. The minimum atomic E-state index is -11.2. The Bertz CT molecular complexity index is 1140. The van der Waals surface area contributed by atoms with Gasteiger partial charge in [-0.1, -0.05) is 76.8 Å². The summed E-state index contributed by atoms with van der Waals surface area (Å²) in [6.07, 6.45) is 14.4. The summed E-state index contributed by atoms with van der Waals surface area (Å²) in [7, 11) is -0.213. The van der Waals surface area contributed by atoms with Gasteiger partial charge in [0.05, 0.1) is 24.7 Å². The van der Waals surface area contributed by atoms with Crippen LogP contribution in [0.15, 0.2) is 42.5 Å². The van der Waals surface area contributed by atoms with Crippen LogP contribution in [0, 0.1) is 6.07 Å². The molecule has 12 heteroatoms. The van der Waals surface area contributed by atoms with Crippen LogP contribution in [-0.2, 0) is 22.4 Å². The van der Waals surface area contributed by atoms with Gasteiger partial charge in [0.25, 0.3) is 6.07 Å². The van der Waals surface area contributed by atoms with Crippen LogP contribution in [0.3, 0.4) is 0 Å². The maximum absolute atomic E-state index is 11.2. The van der Waals surface area contributed by atoms with Crippen LogP contribution >= 0.6 is 7.92 Å². The van der Waals surface area contributed by atoms with Gasteiger partial charge < -0.3 is 9.47 Å². The molecule has 0 aromatic heterocycles. The number of benzene rings is 2. The van der Waals surface area contributed by atoms with E-state index in [0.29, 0.717) is 0 Å². The molecule has 2 aromatic rings. The minimum absolute atomic E-state index is 0. The number of halogens is 6. The van der Waals surface area contributed by atoms with E-state index in [0.717, 1.165) is 28.4 Å². The number of rotatable bonds is 8. The van der Waals surface area contributed by atoms with Crippen LogP contribution in [0.1, 0.15) is 98.8 Å². The first kappa shape index (κ1) is 41.1. The fourth-order valence-corrected chi connectivity index (χ4v) is 9.75. The van der Waals surface area contributed by atoms with Crippen molar-refractivity contribution in [1.82, 2.24) is 0 Å². The SMILES string of the molecule is CC#[NH+].CC(C)Oc1cccc(OC(C)C)c1-c1ccccc1P(C1CCCCC1)C1CCCCC1.[Au].[F][Sb-]([F])([F])([F])([F])[F]. The van der Waals surface area contributed by atoms with Crippen LogP contribution in [0.25, 0.3) is 11.1 Å². The molecular formula is C32H47AuF6NO2PSb. The zero-order valence-corrected chi connectivity index (χ0v) is 31.8. The molecule has 4 rings (SSSR count). The van der Waals surface area contributed by atoms with Crippen LogP contribution in [0.2, 0.25) is 0 Å². The fourth-order valence-electron chi connectivity index (χ4n) is 5.80. The second-order valence-electron chi connectivity index (χ2n) is 11.7. The van der Waals surface area contributed by atoms with Crippen molar-refractivity contribution in [1.29, 1.82) is 0 Å². The van der Waals surface area contributed by atoms with Crippen LogP contribution in [-0.4, -0.2) is 43.0 Å². The van der Waals surface area contributed by atoms with E-state index in [1.54, 1.807) is 12.2 Å². The van der Waals surface area contributed by atoms with Gasteiger partial charge in [-0.15, -0.1) is 5.26 Å². The third kappa shape index (κ3) is 16.1. The molecule has 0 amide bonds. The van der Waals surface area contributed by atoms with Gasteiger partial charge in [-0.25, -0.2) is 0 Å². The van der Waals surface area contributed by atoms with E-state index in [9.17, 15) is 16.9 Å². The summed E-state index contributed by atoms with van der Waals surface area (Å²) >= 11 is -11.2. The third-order valence-corrected chi connectivity index (χ3v) is 10.7. The van der Waals surface area contributed by atoms with Crippen molar-refractivity contribution < 1.29 is 54.0 Å². The molecule has 0 bridgehead atoms. The van der Waals surface area contributed by atoms with E-state index >= 15 is 0 Å². The first-order chi connectivity index (χ1) is 19.9. The zero-order valence-electron chi connectivity index (χ0n) is 26.2. The number of nitrogens with one attached hydrogen (secondary N) is 1. The molecule has 255 valence electrons. The Morgan fingerprint density at radius 2 is 1.07 bits per heavy atom. The Morgan fingerprint density at radius 3 is 1.43 bits per heavy atom. The van der Waals surface area contributed by atoms with Crippen molar-refractivity contribution in [2.45, 2.75) is 122 Å². The monoisotopic (exact) mass is 940 g/mol. The Labute approximate surface area is 278 Å². The standard InChI is InChI=1S/C30H43O2P.C2H3N.Au.6FH.Sb/c1-22(2)31-27-19-13-20-28(32-23(3)4)30(27)26-18-11-12-21-29(26)33(24-14-7-5-8-15-24)25-16-9-6-10-17-25;1-2-3;;;;;;;;/h11-13,18-25H,5-10,14-17H2,1-4H3;1H3;;6*1H;/q;;;;;;;;;+5/p-5. The molecule has 0 heterocycles. The normalized spacial score (nSPS) is 17.6. The molecule has 1 N–H and O–H groups in total. The molecule has 1 radical (unpaired) electrons. The molecule has 0 atom stereocenters. The molecular weight excluding hydrogens is 894 g/mol. The quantitative estimate of drug-likeness (QED) is 0.163. The zero-order chi connectivity index (χ0) is 32.3. The van der Waals surface area contributed by atoms with Crippen LogP contribution in [0.4, 0.5) is 16.9 Å². The molecule has 0 spiro atoms. The molecule has 2 fully saturated rings. The Hall–Kier alpha value is -0.902. The molecule has 2 aliphatic rings. The number of hydrogen-bond acceptors (Lipinski definition) is 2. The third-order valence-electron chi connectivity index (χ3n) is 7.10. The summed E-state index contributed by atoms with van der Waals surface area (Å²) in [5.41, 5.74) is 4.25. The summed E-state index contributed by atoms with van der Waals surface area (Å²) in [5, 5.41) is 7.56. The molecule has 0 saturated heterocycles. The summed E-state index contributed by atoms with van der Waals surface area (Å²) in [6, 6.07) is 17.6. The van der Waals surface area contributed by atoms with Crippen molar-refractivity contribution in [3.8, 4) is 28.7 Å². The average molecular weight is 941 g/mol. The molecule has 44 heavy (non-hydrogen) atoms. The van der Waals surface area contributed by atoms with Crippen molar-refractivity contribution in [2.24, 2.45) is 0 Å². The molecule has 2 saturated carbocycles. The average Bonchev–Trinajstić information content (AvgIpc) is 2.89. The van der Waals surface area contributed by atoms with Crippen LogP contribution < -0.4 is 20.0 Å². The van der Waals surface area contributed by atoms with Crippen molar-refractivity contribution in [2.75, 3.05) is 0 Å². The van der Waals surface area contributed by atoms with Gasteiger partial charge in [0, 0.05) is 22.4 Å². The van der Waals surface area contributed by atoms with E-state index < -0.39 is 19.5 Å². The van der Waals surface area contributed by atoms with Gasteiger partial charge in [0.1, 0.15) is 11.5 Å². The topological polar surface area (TPSA) is 42.3 Å². The van der Waals surface area contributed by atoms with Gasteiger partial charge in [-0.2, -0.15) is 0 Å². The predicted octanol–water partition coefficient (Wildman–Crippen LogP) is 9.62. The Kier molecular flexibility index (Phi) is 16.2. The Balaban J connectivity index is 0.000000766. The number of ether oxygens (including phenoxy) is 2. The fraction of sp³-hybridized carbons (Fsp3) is 0.594. The van der Waals surface area contributed by atoms with Crippen molar-refractivity contribution in [3.63, 3.8) is 0 Å². The van der Waals surface area contributed by atoms with E-state index in [1.807, 2.05) is 6.07 Å². The van der Waals surface area contributed by atoms with Crippen molar-refractivity contribution >= 4 is 32.7 Å². The van der Waals surface area contributed by atoms with Crippen molar-refractivity contribution in [3.05, 3.63) is 42.5 Å². The summed E-state index contributed by atoms with van der Waals surface area (Å²) in [4.78, 5) is 0.